The van der Waals surface area contributed by atoms with Gasteiger partial charge in [0.05, 0.1) is 22.9 Å². The molecule has 0 N–H and O–H groups in total. The highest BCUT2D eigenvalue weighted by Gasteiger charge is 2.52. The molecular formula is C15H20BClN2O2. The summed E-state index contributed by atoms with van der Waals surface area (Å²) in [6, 6.07) is 1.94. The van der Waals surface area contributed by atoms with Crippen LogP contribution >= 0.6 is 11.6 Å². The van der Waals surface area contributed by atoms with E-state index in [0.717, 1.165) is 21.9 Å². The largest absolute Gasteiger partial charge is 0.495 e. The van der Waals surface area contributed by atoms with E-state index in [2.05, 4.69) is 5.10 Å². The second kappa shape index (κ2) is 4.48. The Morgan fingerprint density at radius 1 is 1.19 bits per heavy atom. The smallest absolute Gasteiger partial charge is 0.399 e. The van der Waals surface area contributed by atoms with Crippen molar-refractivity contribution in [1.29, 1.82) is 0 Å². The van der Waals surface area contributed by atoms with E-state index >= 15 is 0 Å². The molecule has 0 amide bonds. The zero-order valence-electron chi connectivity index (χ0n) is 13.3. The number of hydrogen-bond donors (Lipinski definition) is 0. The predicted molar refractivity (Wildman–Crippen MR) is 86.2 cm³/mol. The first-order valence-electron chi connectivity index (χ1n) is 7.10. The first kappa shape index (κ1) is 14.9. The van der Waals surface area contributed by atoms with Gasteiger partial charge in [-0.3, -0.25) is 4.68 Å². The molecule has 3 rings (SSSR count). The number of nitrogens with zero attached hydrogens (tertiary/aromatic N) is 2. The van der Waals surface area contributed by atoms with Crippen molar-refractivity contribution < 1.29 is 9.31 Å². The van der Waals surface area contributed by atoms with Crippen LogP contribution in [0.4, 0.5) is 0 Å². The van der Waals surface area contributed by atoms with Crippen LogP contribution in [0.2, 0.25) is 5.02 Å². The van der Waals surface area contributed by atoms with Crippen LogP contribution in [0, 0.1) is 6.92 Å². The Balaban J connectivity index is 2.20. The lowest BCUT2D eigenvalue weighted by atomic mass is 9.74. The summed E-state index contributed by atoms with van der Waals surface area (Å²) < 4.78 is 14.2. The average molecular weight is 307 g/mol. The highest BCUT2D eigenvalue weighted by molar-refractivity contribution is 6.66. The summed E-state index contributed by atoms with van der Waals surface area (Å²) in [5.41, 5.74) is 2.19. The molecule has 0 unspecified atom stereocenters. The third-order valence-electron chi connectivity index (χ3n) is 4.79. The molecular weight excluding hydrogens is 286 g/mol. The maximum atomic E-state index is 6.39. The molecule has 1 aliphatic heterocycles. The van der Waals surface area contributed by atoms with Gasteiger partial charge >= 0.3 is 7.12 Å². The van der Waals surface area contributed by atoms with Gasteiger partial charge in [-0.05, 0) is 51.7 Å². The van der Waals surface area contributed by atoms with Gasteiger partial charge in [-0.15, -0.1) is 0 Å². The fraction of sp³-hybridized carbons (Fsp3) is 0.533. The molecule has 0 spiro atoms. The Hall–Kier alpha value is -1.04. The lowest BCUT2D eigenvalue weighted by molar-refractivity contribution is 0.00578. The van der Waals surface area contributed by atoms with Gasteiger partial charge < -0.3 is 9.31 Å². The van der Waals surface area contributed by atoms with Crippen molar-refractivity contribution >= 4 is 35.1 Å². The van der Waals surface area contributed by atoms with Gasteiger partial charge in [0, 0.05) is 17.5 Å². The number of hydrogen-bond acceptors (Lipinski definition) is 3. The molecule has 112 valence electrons. The minimum Gasteiger partial charge on any atom is -0.399 e. The standard InChI is InChI=1S/C15H20BClN2O2/c1-9-11(17)7-12-10(8-18-19(12)6)13(9)16-20-14(2,3)15(4,5)21-16/h7-8H,1-6H3. The van der Waals surface area contributed by atoms with Gasteiger partial charge in [0.25, 0.3) is 0 Å². The van der Waals surface area contributed by atoms with E-state index in [-0.39, 0.29) is 11.2 Å². The van der Waals surface area contributed by atoms with Crippen molar-refractivity contribution in [1.82, 2.24) is 9.78 Å². The highest BCUT2D eigenvalue weighted by Crippen LogP contribution is 2.37. The van der Waals surface area contributed by atoms with E-state index in [1.54, 1.807) is 0 Å². The topological polar surface area (TPSA) is 36.3 Å². The number of halogens is 1. The van der Waals surface area contributed by atoms with Gasteiger partial charge in [0.15, 0.2) is 0 Å². The lowest BCUT2D eigenvalue weighted by Crippen LogP contribution is -2.41. The fourth-order valence-corrected chi connectivity index (χ4v) is 2.85. The van der Waals surface area contributed by atoms with Gasteiger partial charge in [0.2, 0.25) is 0 Å². The van der Waals surface area contributed by atoms with Crippen molar-refractivity contribution in [2.24, 2.45) is 7.05 Å². The quantitative estimate of drug-likeness (QED) is 0.760. The van der Waals surface area contributed by atoms with Crippen LogP contribution in [0.5, 0.6) is 0 Å². The summed E-state index contributed by atoms with van der Waals surface area (Å²) in [6.45, 7) is 10.2. The lowest BCUT2D eigenvalue weighted by Gasteiger charge is -2.32. The number of rotatable bonds is 1. The zero-order valence-corrected chi connectivity index (χ0v) is 14.1. The molecule has 0 aliphatic carbocycles. The van der Waals surface area contributed by atoms with E-state index in [0.29, 0.717) is 5.02 Å². The van der Waals surface area contributed by atoms with Crippen LogP contribution in [0.15, 0.2) is 12.3 Å². The van der Waals surface area contributed by atoms with Gasteiger partial charge in [-0.2, -0.15) is 5.10 Å². The summed E-state index contributed by atoms with van der Waals surface area (Å²) in [4.78, 5) is 0. The Morgan fingerprint density at radius 2 is 1.76 bits per heavy atom. The van der Waals surface area contributed by atoms with Gasteiger partial charge in [-0.1, -0.05) is 11.6 Å². The second-order valence-electron chi connectivity index (χ2n) is 6.69. The normalized spacial score (nSPS) is 20.4. The van der Waals surface area contributed by atoms with Crippen LogP contribution in [-0.2, 0) is 16.4 Å². The Labute approximate surface area is 130 Å². The van der Waals surface area contributed by atoms with E-state index in [4.69, 9.17) is 20.9 Å². The summed E-state index contributed by atoms with van der Waals surface area (Å²) in [5, 5.41) is 6.06. The Kier molecular flexibility index (Phi) is 3.17. The van der Waals surface area contributed by atoms with Crippen molar-refractivity contribution in [3.8, 4) is 0 Å². The SMILES string of the molecule is Cc1c(Cl)cc2c(cnn2C)c1B1OC(C)(C)C(C)(C)O1. The number of benzene rings is 1. The van der Waals surface area contributed by atoms with Crippen LogP contribution in [0.1, 0.15) is 33.3 Å². The van der Waals surface area contributed by atoms with E-state index in [1.807, 2.05) is 58.6 Å². The molecule has 1 aromatic heterocycles. The van der Waals surface area contributed by atoms with Crippen LogP contribution in [0.3, 0.4) is 0 Å². The zero-order chi connectivity index (χ0) is 15.6. The summed E-state index contributed by atoms with van der Waals surface area (Å²) in [5.74, 6) is 0. The van der Waals surface area contributed by atoms with Crippen molar-refractivity contribution in [3.63, 3.8) is 0 Å². The molecule has 1 fully saturated rings. The monoisotopic (exact) mass is 306 g/mol. The molecule has 2 heterocycles. The third-order valence-corrected chi connectivity index (χ3v) is 5.18. The molecule has 0 saturated carbocycles. The van der Waals surface area contributed by atoms with Crippen molar-refractivity contribution in [3.05, 3.63) is 22.8 Å². The summed E-state index contributed by atoms with van der Waals surface area (Å²) >= 11 is 6.39. The minimum atomic E-state index is -0.430. The summed E-state index contributed by atoms with van der Waals surface area (Å²) in [7, 11) is 1.47. The van der Waals surface area contributed by atoms with E-state index in [9.17, 15) is 0 Å². The molecule has 1 aromatic carbocycles. The molecule has 1 saturated heterocycles. The molecule has 0 radical (unpaired) electrons. The maximum absolute atomic E-state index is 6.39. The second-order valence-corrected chi connectivity index (χ2v) is 7.09. The number of fused-ring (bicyclic) bond motifs is 1. The third kappa shape index (κ3) is 2.10. The minimum absolute atomic E-state index is 0.374. The predicted octanol–water partition coefficient (Wildman–Crippen LogP) is 2.83. The van der Waals surface area contributed by atoms with Crippen LogP contribution in [-0.4, -0.2) is 28.1 Å². The first-order chi connectivity index (χ1) is 9.64. The van der Waals surface area contributed by atoms with Crippen LogP contribution in [0.25, 0.3) is 10.9 Å². The Morgan fingerprint density at radius 3 is 2.33 bits per heavy atom. The average Bonchev–Trinajstić information content (AvgIpc) is 2.80. The van der Waals surface area contributed by atoms with Crippen LogP contribution < -0.4 is 5.46 Å². The highest BCUT2D eigenvalue weighted by atomic mass is 35.5. The molecule has 6 heteroatoms. The first-order valence-corrected chi connectivity index (χ1v) is 7.48. The number of aryl methyl sites for hydroxylation is 1. The fourth-order valence-electron chi connectivity index (χ4n) is 2.65. The molecule has 1 aliphatic rings. The summed E-state index contributed by atoms with van der Waals surface area (Å²) in [6.07, 6.45) is 1.85. The molecule has 4 nitrogen and oxygen atoms in total. The van der Waals surface area contributed by atoms with Crippen molar-refractivity contribution in [2.75, 3.05) is 0 Å². The van der Waals surface area contributed by atoms with Crippen molar-refractivity contribution in [2.45, 2.75) is 45.8 Å². The molecule has 2 aromatic rings. The van der Waals surface area contributed by atoms with Gasteiger partial charge in [0.1, 0.15) is 0 Å². The maximum Gasteiger partial charge on any atom is 0.495 e. The number of aromatic nitrogens is 2. The molecule has 0 bridgehead atoms. The van der Waals surface area contributed by atoms with E-state index in [1.165, 1.54) is 0 Å². The molecule has 21 heavy (non-hydrogen) atoms. The molecule has 0 atom stereocenters. The Bertz CT molecular complexity index is 708. The van der Waals surface area contributed by atoms with E-state index < -0.39 is 7.12 Å². The van der Waals surface area contributed by atoms with Gasteiger partial charge in [-0.25, -0.2) is 0 Å².